The zero-order chi connectivity index (χ0) is 21.4. The largest absolute Gasteiger partial charge is 0.435 e. The number of halogens is 2. The van der Waals surface area contributed by atoms with Gasteiger partial charge in [0.2, 0.25) is 5.91 Å². The maximum Gasteiger partial charge on any atom is 0.387 e. The van der Waals surface area contributed by atoms with Crippen LogP contribution in [-0.2, 0) is 4.79 Å². The van der Waals surface area contributed by atoms with Gasteiger partial charge in [-0.3, -0.25) is 10.1 Å². The molecule has 5 nitrogen and oxygen atoms in total. The molecule has 7 heteroatoms. The van der Waals surface area contributed by atoms with E-state index in [1.807, 2.05) is 44.2 Å². The first-order chi connectivity index (χ1) is 13.7. The van der Waals surface area contributed by atoms with Gasteiger partial charge in [-0.1, -0.05) is 56.3 Å². The first-order valence-corrected chi connectivity index (χ1v) is 9.30. The van der Waals surface area contributed by atoms with Crippen molar-refractivity contribution in [2.75, 3.05) is 6.54 Å². The monoisotopic (exact) mass is 401 g/mol. The van der Waals surface area contributed by atoms with E-state index in [-0.39, 0.29) is 30.2 Å². The normalized spacial score (nSPS) is 14.1. The molecule has 29 heavy (non-hydrogen) atoms. The van der Waals surface area contributed by atoms with Gasteiger partial charge in [0.25, 0.3) is 0 Å². The lowest BCUT2D eigenvalue weighted by Crippen LogP contribution is -2.51. The average Bonchev–Trinajstić information content (AvgIpc) is 2.69. The van der Waals surface area contributed by atoms with Gasteiger partial charge in [-0.05, 0) is 36.1 Å². The molecule has 0 aliphatic heterocycles. The molecule has 2 atom stereocenters. The maximum absolute atomic E-state index is 12.4. The van der Waals surface area contributed by atoms with E-state index in [2.05, 4.69) is 21.4 Å². The number of carbonyl (C=O) groups is 1. The van der Waals surface area contributed by atoms with Gasteiger partial charge in [0.15, 0.2) is 0 Å². The van der Waals surface area contributed by atoms with Crippen molar-refractivity contribution in [2.24, 2.45) is 5.92 Å². The van der Waals surface area contributed by atoms with Gasteiger partial charge in [0.05, 0.1) is 18.7 Å². The maximum atomic E-state index is 12.4. The Bertz CT molecular complexity index is 835. The number of nitrogens with zero attached hydrogens (tertiary/aromatic N) is 1. The van der Waals surface area contributed by atoms with Crippen LogP contribution in [0.2, 0.25) is 0 Å². The highest BCUT2D eigenvalue weighted by Crippen LogP contribution is 2.25. The van der Waals surface area contributed by atoms with Gasteiger partial charge in [-0.2, -0.15) is 14.0 Å². The summed E-state index contributed by atoms with van der Waals surface area (Å²) in [7, 11) is 0. The van der Waals surface area contributed by atoms with Crippen LogP contribution in [0.1, 0.15) is 37.9 Å². The fourth-order valence-electron chi connectivity index (χ4n) is 2.75. The molecule has 0 spiro atoms. The number of ether oxygens (including phenoxy) is 1. The minimum atomic E-state index is -2.89. The van der Waals surface area contributed by atoms with Crippen LogP contribution in [0.5, 0.6) is 5.75 Å². The molecule has 2 rings (SSSR count). The quantitative estimate of drug-likeness (QED) is 0.666. The fraction of sp³-hybridized carbons (Fsp3) is 0.364. The summed E-state index contributed by atoms with van der Waals surface area (Å²) in [5.74, 6) is -0.292. The van der Waals surface area contributed by atoms with E-state index in [9.17, 15) is 18.8 Å². The number of hydrogen-bond acceptors (Lipinski definition) is 4. The predicted octanol–water partition coefficient (Wildman–Crippen LogP) is 4.02. The lowest BCUT2D eigenvalue weighted by atomic mass is 9.90. The van der Waals surface area contributed by atoms with E-state index in [4.69, 9.17) is 0 Å². The van der Waals surface area contributed by atoms with Crippen molar-refractivity contribution in [3.05, 3.63) is 65.7 Å². The Balaban J connectivity index is 2.16. The molecular weight excluding hydrogens is 376 g/mol. The summed E-state index contributed by atoms with van der Waals surface area (Å²) in [5.41, 5.74) is 0.738. The second kappa shape index (κ2) is 9.99. The Kier molecular flexibility index (Phi) is 7.68. The second-order valence-corrected chi connectivity index (χ2v) is 7.19. The van der Waals surface area contributed by atoms with Crippen molar-refractivity contribution in [1.29, 1.82) is 5.26 Å². The van der Waals surface area contributed by atoms with Crippen molar-refractivity contribution in [1.82, 2.24) is 10.6 Å². The van der Waals surface area contributed by atoms with Crippen LogP contribution in [-0.4, -0.2) is 24.6 Å². The third-order valence-electron chi connectivity index (χ3n) is 4.82. The molecule has 0 aliphatic rings. The molecule has 0 fully saturated rings. The summed E-state index contributed by atoms with van der Waals surface area (Å²) in [6.07, 6.45) is 0. The minimum absolute atomic E-state index is 0.0150. The molecule has 0 saturated carbocycles. The SMILES string of the molecule is CC(C)[C@](C)(C#N)NC(=O)CN[C@@H](c1ccccc1)c1ccc(OC(F)F)cc1. The second-order valence-electron chi connectivity index (χ2n) is 7.19. The summed E-state index contributed by atoms with van der Waals surface area (Å²) in [6, 6.07) is 17.5. The Hall–Kier alpha value is -2.98. The molecule has 2 aromatic rings. The molecular formula is C22H25F2N3O2. The van der Waals surface area contributed by atoms with Crippen LogP contribution in [0, 0.1) is 17.2 Å². The van der Waals surface area contributed by atoms with Crippen LogP contribution in [0.15, 0.2) is 54.6 Å². The molecule has 0 heterocycles. The summed E-state index contributed by atoms with van der Waals surface area (Å²) in [5, 5.41) is 15.3. The minimum Gasteiger partial charge on any atom is -0.435 e. The smallest absolute Gasteiger partial charge is 0.387 e. The van der Waals surface area contributed by atoms with Crippen molar-refractivity contribution >= 4 is 5.91 Å². The van der Waals surface area contributed by atoms with Crippen molar-refractivity contribution in [3.63, 3.8) is 0 Å². The highest BCUT2D eigenvalue weighted by atomic mass is 19.3. The topological polar surface area (TPSA) is 74.2 Å². The van der Waals surface area contributed by atoms with Gasteiger partial charge >= 0.3 is 6.61 Å². The number of alkyl halides is 2. The summed E-state index contributed by atoms with van der Waals surface area (Å²) in [4.78, 5) is 12.4. The molecule has 2 aromatic carbocycles. The lowest BCUT2D eigenvalue weighted by molar-refractivity contribution is -0.121. The molecule has 0 aliphatic carbocycles. The van der Waals surface area contributed by atoms with Crippen LogP contribution in [0.25, 0.3) is 0 Å². The Morgan fingerprint density at radius 2 is 1.69 bits per heavy atom. The number of hydrogen-bond donors (Lipinski definition) is 2. The van der Waals surface area contributed by atoms with E-state index in [1.54, 1.807) is 19.1 Å². The highest BCUT2D eigenvalue weighted by molar-refractivity contribution is 5.79. The number of benzene rings is 2. The first kappa shape index (κ1) is 22.3. The van der Waals surface area contributed by atoms with E-state index in [0.29, 0.717) is 0 Å². The number of nitriles is 1. The Labute approximate surface area is 169 Å². The molecule has 154 valence electrons. The number of nitrogens with one attached hydrogen (secondary N) is 2. The van der Waals surface area contributed by atoms with E-state index < -0.39 is 12.2 Å². The number of amides is 1. The van der Waals surface area contributed by atoms with Crippen LogP contribution in [0.3, 0.4) is 0 Å². The highest BCUT2D eigenvalue weighted by Gasteiger charge is 2.30. The summed E-state index contributed by atoms with van der Waals surface area (Å²) in [6.45, 7) is 2.52. The Morgan fingerprint density at radius 1 is 1.10 bits per heavy atom. The lowest BCUT2D eigenvalue weighted by Gasteiger charge is -2.28. The van der Waals surface area contributed by atoms with Crippen LogP contribution < -0.4 is 15.4 Å². The molecule has 0 aromatic heterocycles. The number of carbonyl (C=O) groups excluding carboxylic acids is 1. The van der Waals surface area contributed by atoms with Crippen molar-refractivity contribution < 1.29 is 18.3 Å². The van der Waals surface area contributed by atoms with Gasteiger partial charge in [0, 0.05) is 0 Å². The van der Waals surface area contributed by atoms with Crippen molar-refractivity contribution in [2.45, 2.75) is 39.0 Å². The van der Waals surface area contributed by atoms with Gasteiger partial charge in [0.1, 0.15) is 11.3 Å². The average molecular weight is 401 g/mol. The molecule has 1 amide bonds. The third-order valence-corrected chi connectivity index (χ3v) is 4.82. The molecule has 0 radical (unpaired) electrons. The van der Waals surface area contributed by atoms with Gasteiger partial charge in [-0.25, -0.2) is 0 Å². The van der Waals surface area contributed by atoms with Gasteiger partial charge in [-0.15, -0.1) is 0 Å². The standard InChI is InChI=1S/C22H25F2N3O2/c1-15(2)22(3,14-25)27-19(28)13-26-20(16-7-5-4-6-8-16)17-9-11-18(12-10-17)29-21(23)24/h4-12,15,20-21,26H,13H2,1-3H3,(H,27,28)/t20-,22-/m0/s1. The summed E-state index contributed by atoms with van der Waals surface area (Å²) >= 11 is 0. The molecule has 0 saturated heterocycles. The molecule has 0 unspecified atom stereocenters. The van der Waals surface area contributed by atoms with E-state index >= 15 is 0 Å². The van der Waals surface area contributed by atoms with Crippen LogP contribution >= 0.6 is 0 Å². The van der Waals surface area contributed by atoms with Crippen molar-refractivity contribution in [3.8, 4) is 11.8 Å². The predicted molar refractivity (Wildman–Crippen MR) is 106 cm³/mol. The molecule has 2 N–H and O–H groups in total. The Morgan fingerprint density at radius 3 is 2.21 bits per heavy atom. The first-order valence-electron chi connectivity index (χ1n) is 9.30. The zero-order valence-corrected chi connectivity index (χ0v) is 16.7. The van der Waals surface area contributed by atoms with Crippen LogP contribution in [0.4, 0.5) is 8.78 Å². The number of rotatable bonds is 9. The summed E-state index contributed by atoms with van der Waals surface area (Å²) < 4.78 is 29.1. The zero-order valence-electron chi connectivity index (χ0n) is 16.7. The van der Waals surface area contributed by atoms with Gasteiger partial charge < -0.3 is 10.1 Å². The molecule has 0 bridgehead atoms. The third kappa shape index (κ3) is 6.26. The fourth-order valence-corrected chi connectivity index (χ4v) is 2.75. The van der Waals surface area contributed by atoms with E-state index in [1.165, 1.54) is 12.1 Å². The van der Waals surface area contributed by atoms with E-state index in [0.717, 1.165) is 11.1 Å².